The first-order chi connectivity index (χ1) is 13.1. The van der Waals surface area contributed by atoms with Crippen molar-refractivity contribution in [1.29, 1.82) is 0 Å². The Morgan fingerprint density at radius 2 is 1.63 bits per heavy atom. The van der Waals surface area contributed by atoms with E-state index in [1.165, 1.54) is 0 Å². The van der Waals surface area contributed by atoms with E-state index in [0.717, 1.165) is 14.6 Å². The van der Waals surface area contributed by atoms with Gasteiger partial charge in [-0.3, -0.25) is 0 Å². The number of aromatic amines is 1. The summed E-state index contributed by atoms with van der Waals surface area (Å²) in [5, 5.41) is 0. The molecular weight excluding hydrogens is 407 g/mol. The summed E-state index contributed by atoms with van der Waals surface area (Å²) < 4.78 is 9.23. The molecule has 0 aliphatic rings. The summed E-state index contributed by atoms with van der Waals surface area (Å²) in [5.41, 5.74) is 0.961. The van der Waals surface area contributed by atoms with Gasteiger partial charge in [0.2, 0.25) is 0 Å². The molecule has 140 valence electrons. The van der Waals surface area contributed by atoms with Crippen LogP contribution in [-0.4, -0.2) is 24.5 Å². The number of benzene rings is 2. The van der Waals surface area contributed by atoms with Gasteiger partial charge < -0.3 is 0 Å². The van der Waals surface area contributed by atoms with Crippen molar-refractivity contribution in [3.8, 4) is 0 Å². The molecule has 27 heavy (non-hydrogen) atoms. The molecule has 0 aliphatic heterocycles. The average Bonchev–Trinajstić information content (AvgIpc) is 2.65. The molecule has 0 saturated heterocycles. The van der Waals surface area contributed by atoms with Crippen LogP contribution in [0.1, 0.15) is 30.9 Å². The Balaban J connectivity index is 1.94. The molecule has 3 aromatic rings. The van der Waals surface area contributed by atoms with E-state index in [4.69, 9.17) is 4.74 Å². The Hall–Kier alpha value is -2.40. The standard InChI is InChI=1S/C21H22N2O3Se/c1-15(2)18-19(24)22-21(25)23(14-26-13-16-9-5-3-6-10-16)20(18)27-17-11-7-4-8-12-17/h3-12,15H,13-14H2,1-2H3,(H,22,24,25). The van der Waals surface area contributed by atoms with E-state index in [1.807, 2.05) is 74.5 Å². The monoisotopic (exact) mass is 430 g/mol. The van der Waals surface area contributed by atoms with Crippen LogP contribution in [0.25, 0.3) is 0 Å². The number of H-pyrrole nitrogens is 1. The van der Waals surface area contributed by atoms with Crippen molar-refractivity contribution >= 4 is 24.0 Å². The number of hydrogen-bond acceptors (Lipinski definition) is 3. The topological polar surface area (TPSA) is 64.1 Å². The van der Waals surface area contributed by atoms with Gasteiger partial charge in [0.1, 0.15) is 0 Å². The van der Waals surface area contributed by atoms with Crippen molar-refractivity contribution in [2.24, 2.45) is 0 Å². The van der Waals surface area contributed by atoms with Crippen LogP contribution in [0.2, 0.25) is 0 Å². The molecule has 0 atom stereocenters. The molecule has 0 radical (unpaired) electrons. The van der Waals surface area contributed by atoms with E-state index in [0.29, 0.717) is 12.2 Å². The summed E-state index contributed by atoms with van der Waals surface area (Å²) in [4.78, 5) is 27.4. The van der Waals surface area contributed by atoms with Gasteiger partial charge in [-0.25, -0.2) is 0 Å². The minimum atomic E-state index is -0.426. The summed E-state index contributed by atoms with van der Waals surface area (Å²) in [5.74, 6) is 0.00955. The maximum atomic E-state index is 12.5. The summed E-state index contributed by atoms with van der Waals surface area (Å²) >= 11 is -0.176. The third-order valence-electron chi connectivity index (χ3n) is 4.05. The zero-order valence-electron chi connectivity index (χ0n) is 15.3. The third-order valence-corrected chi connectivity index (χ3v) is 6.45. The van der Waals surface area contributed by atoms with Gasteiger partial charge in [0.25, 0.3) is 0 Å². The molecule has 0 saturated carbocycles. The van der Waals surface area contributed by atoms with Crippen molar-refractivity contribution in [1.82, 2.24) is 9.55 Å². The summed E-state index contributed by atoms with van der Waals surface area (Å²) in [6.45, 7) is 4.44. The maximum absolute atomic E-state index is 12.5. The second-order valence-electron chi connectivity index (χ2n) is 6.44. The van der Waals surface area contributed by atoms with Crippen LogP contribution >= 0.6 is 0 Å². The first-order valence-electron chi connectivity index (χ1n) is 8.78. The number of ether oxygens (including phenoxy) is 1. The van der Waals surface area contributed by atoms with E-state index >= 15 is 0 Å². The van der Waals surface area contributed by atoms with Gasteiger partial charge in [0.05, 0.1) is 0 Å². The Labute approximate surface area is 164 Å². The van der Waals surface area contributed by atoms with Gasteiger partial charge in [-0.2, -0.15) is 0 Å². The van der Waals surface area contributed by atoms with E-state index in [9.17, 15) is 9.59 Å². The van der Waals surface area contributed by atoms with Crippen LogP contribution in [0.3, 0.4) is 0 Å². The molecule has 2 aromatic carbocycles. The van der Waals surface area contributed by atoms with E-state index in [1.54, 1.807) is 4.57 Å². The molecule has 0 unspecified atom stereocenters. The van der Waals surface area contributed by atoms with Gasteiger partial charge in [-0.1, -0.05) is 0 Å². The second kappa shape index (κ2) is 9.00. The first kappa shape index (κ1) is 19.4. The van der Waals surface area contributed by atoms with Gasteiger partial charge in [0.15, 0.2) is 0 Å². The van der Waals surface area contributed by atoms with Crippen LogP contribution in [0.5, 0.6) is 0 Å². The van der Waals surface area contributed by atoms with E-state index in [-0.39, 0.29) is 33.2 Å². The average molecular weight is 429 g/mol. The number of aromatic nitrogens is 2. The zero-order valence-corrected chi connectivity index (χ0v) is 17.1. The van der Waals surface area contributed by atoms with E-state index in [2.05, 4.69) is 4.98 Å². The van der Waals surface area contributed by atoms with Gasteiger partial charge in [-0.15, -0.1) is 0 Å². The molecule has 0 bridgehead atoms. The fourth-order valence-corrected chi connectivity index (χ4v) is 5.25. The first-order valence-corrected chi connectivity index (χ1v) is 10.5. The molecule has 0 fully saturated rings. The fraction of sp³-hybridized carbons (Fsp3) is 0.238. The summed E-state index contributed by atoms with van der Waals surface area (Å²) in [7, 11) is 0. The molecule has 1 heterocycles. The quantitative estimate of drug-likeness (QED) is 0.579. The predicted octanol–water partition coefficient (Wildman–Crippen LogP) is 1.49. The van der Waals surface area contributed by atoms with Crippen molar-refractivity contribution < 1.29 is 4.74 Å². The van der Waals surface area contributed by atoms with Crippen LogP contribution in [0.15, 0.2) is 70.3 Å². The SMILES string of the molecule is CC(C)c1c([Se]c2ccccc2)n(COCc2ccccc2)c(=O)[nH]c1=O. The number of rotatable bonds is 7. The molecule has 3 rings (SSSR count). The fourth-order valence-electron chi connectivity index (χ4n) is 2.73. The van der Waals surface area contributed by atoms with Crippen molar-refractivity contribution in [3.05, 3.63) is 92.6 Å². The van der Waals surface area contributed by atoms with Gasteiger partial charge in [-0.05, 0) is 0 Å². The molecule has 0 amide bonds. The molecular formula is C21H22N2O3Se. The van der Waals surface area contributed by atoms with Gasteiger partial charge in [0, 0.05) is 0 Å². The van der Waals surface area contributed by atoms with Crippen LogP contribution < -0.4 is 20.3 Å². The molecule has 5 nitrogen and oxygen atoms in total. The molecule has 1 N–H and O–H groups in total. The molecule has 1 aromatic heterocycles. The minimum absolute atomic E-state index is 0.00955. The normalized spacial score (nSPS) is 11.1. The summed E-state index contributed by atoms with van der Waals surface area (Å²) in [6.07, 6.45) is 0. The predicted molar refractivity (Wildman–Crippen MR) is 108 cm³/mol. The number of hydrogen-bond donors (Lipinski definition) is 1. The number of nitrogens with one attached hydrogen (secondary N) is 1. The number of nitrogens with zero attached hydrogens (tertiary/aromatic N) is 1. The molecule has 6 heteroatoms. The Kier molecular flexibility index (Phi) is 6.45. The second-order valence-corrected chi connectivity index (χ2v) is 8.67. The Bertz CT molecular complexity index is 995. The Morgan fingerprint density at radius 1 is 1.00 bits per heavy atom. The van der Waals surface area contributed by atoms with Crippen LogP contribution in [0, 0.1) is 0 Å². The van der Waals surface area contributed by atoms with Crippen molar-refractivity contribution in [2.45, 2.75) is 33.1 Å². The van der Waals surface area contributed by atoms with Crippen molar-refractivity contribution in [2.75, 3.05) is 0 Å². The third kappa shape index (κ3) is 4.86. The molecule has 0 spiro atoms. The molecule has 0 aliphatic carbocycles. The van der Waals surface area contributed by atoms with Gasteiger partial charge >= 0.3 is 164 Å². The van der Waals surface area contributed by atoms with Crippen LogP contribution in [-0.2, 0) is 18.1 Å². The zero-order chi connectivity index (χ0) is 19.2. The van der Waals surface area contributed by atoms with E-state index < -0.39 is 5.69 Å². The summed E-state index contributed by atoms with van der Waals surface area (Å²) in [6, 6.07) is 19.7. The van der Waals surface area contributed by atoms with Crippen LogP contribution in [0.4, 0.5) is 0 Å². The Morgan fingerprint density at radius 3 is 2.26 bits per heavy atom. The van der Waals surface area contributed by atoms with Crippen molar-refractivity contribution in [3.63, 3.8) is 0 Å².